The van der Waals surface area contributed by atoms with E-state index in [-0.39, 0.29) is 5.91 Å². The zero-order valence-corrected chi connectivity index (χ0v) is 8.55. The molecule has 0 aliphatic carbocycles. The van der Waals surface area contributed by atoms with Crippen LogP contribution in [0.15, 0.2) is 36.1 Å². The molecule has 0 aromatic heterocycles. The summed E-state index contributed by atoms with van der Waals surface area (Å²) in [5, 5.41) is 2.74. The van der Waals surface area contributed by atoms with Crippen LogP contribution in [0.1, 0.15) is 27.2 Å². The van der Waals surface area contributed by atoms with E-state index in [0.717, 1.165) is 11.3 Å². The van der Waals surface area contributed by atoms with Crippen molar-refractivity contribution in [3.63, 3.8) is 0 Å². The molecule has 0 bridgehead atoms. The molecule has 0 unspecified atom stereocenters. The fraction of sp³-hybridized carbons (Fsp3) is 0.364. The molecule has 1 amide bonds. The van der Waals surface area contributed by atoms with E-state index in [2.05, 4.69) is 11.9 Å². The van der Waals surface area contributed by atoms with Crippen LogP contribution in [0.5, 0.6) is 0 Å². The third kappa shape index (κ3) is 3.28. The van der Waals surface area contributed by atoms with Crippen molar-refractivity contribution in [2.45, 2.75) is 27.2 Å². The average molecular weight is 179 g/mol. The first-order chi connectivity index (χ1) is 6.27. The van der Waals surface area contributed by atoms with Gasteiger partial charge in [0.05, 0.1) is 6.42 Å². The largest absolute Gasteiger partial charge is 0.326 e. The van der Waals surface area contributed by atoms with Crippen molar-refractivity contribution in [3.8, 4) is 0 Å². The van der Waals surface area contributed by atoms with Gasteiger partial charge in [-0.25, -0.2) is 0 Å². The summed E-state index contributed by atoms with van der Waals surface area (Å²) in [6, 6.07) is 0. The molecule has 1 aliphatic rings. The summed E-state index contributed by atoms with van der Waals surface area (Å²) in [5.41, 5.74) is 1.86. The number of amides is 1. The Balaban J connectivity index is 0.000000671. The van der Waals surface area contributed by atoms with E-state index in [4.69, 9.17) is 0 Å². The molecule has 1 aliphatic heterocycles. The highest BCUT2D eigenvalue weighted by atomic mass is 16.1. The predicted molar refractivity (Wildman–Crippen MR) is 56.1 cm³/mol. The minimum absolute atomic E-state index is 0.0491. The lowest BCUT2D eigenvalue weighted by Gasteiger charge is -1.94. The Morgan fingerprint density at radius 3 is 2.54 bits per heavy atom. The van der Waals surface area contributed by atoms with Crippen molar-refractivity contribution in [1.82, 2.24) is 5.32 Å². The Kier molecular flexibility index (Phi) is 5.60. The zero-order valence-electron chi connectivity index (χ0n) is 8.55. The van der Waals surface area contributed by atoms with E-state index >= 15 is 0 Å². The molecule has 0 atom stereocenters. The van der Waals surface area contributed by atoms with Crippen LogP contribution in [0.25, 0.3) is 0 Å². The second-order valence-corrected chi connectivity index (χ2v) is 2.37. The van der Waals surface area contributed by atoms with Gasteiger partial charge in [-0.1, -0.05) is 32.6 Å². The summed E-state index contributed by atoms with van der Waals surface area (Å²) in [5.74, 6) is 0.0491. The van der Waals surface area contributed by atoms with Crippen LogP contribution in [-0.4, -0.2) is 5.91 Å². The number of allylic oxidation sites excluding steroid dienone is 3. The highest BCUT2D eigenvalue weighted by Crippen LogP contribution is 2.15. The normalized spacial score (nSPS) is 15.5. The van der Waals surface area contributed by atoms with Gasteiger partial charge in [-0.05, 0) is 18.6 Å². The molecule has 0 aromatic rings. The Morgan fingerprint density at radius 1 is 1.46 bits per heavy atom. The van der Waals surface area contributed by atoms with E-state index in [0.29, 0.717) is 6.42 Å². The fourth-order valence-electron chi connectivity index (χ4n) is 1.04. The molecule has 13 heavy (non-hydrogen) atoms. The van der Waals surface area contributed by atoms with Gasteiger partial charge in [0.2, 0.25) is 5.91 Å². The number of carbonyl (C=O) groups is 1. The molecular formula is C11H17NO. The quantitative estimate of drug-likeness (QED) is 0.693. The highest BCUT2D eigenvalue weighted by Gasteiger charge is 2.15. The Hall–Kier alpha value is -1.31. The minimum Gasteiger partial charge on any atom is -0.326 e. The molecule has 1 N–H and O–H groups in total. The lowest BCUT2D eigenvalue weighted by Crippen LogP contribution is -2.13. The molecular weight excluding hydrogens is 162 g/mol. The fourth-order valence-corrected chi connectivity index (χ4v) is 1.04. The molecule has 2 heteroatoms. The molecule has 0 spiro atoms. The molecule has 0 radical (unpaired) electrons. The van der Waals surface area contributed by atoms with E-state index in [1.807, 2.05) is 32.9 Å². The van der Waals surface area contributed by atoms with Gasteiger partial charge in [0.25, 0.3) is 0 Å². The molecule has 2 nitrogen and oxygen atoms in total. The monoisotopic (exact) mass is 179 g/mol. The van der Waals surface area contributed by atoms with Crippen molar-refractivity contribution >= 4 is 5.91 Å². The molecule has 0 fully saturated rings. The summed E-state index contributed by atoms with van der Waals surface area (Å²) < 4.78 is 0. The number of nitrogens with one attached hydrogen (secondary N) is 1. The molecule has 0 aromatic carbocycles. The smallest absolute Gasteiger partial charge is 0.228 e. The van der Waals surface area contributed by atoms with Gasteiger partial charge < -0.3 is 5.32 Å². The summed E-state index contributed by atoms with van der Waals surface area (Å²) in [4.78, 5) is 10.9. The maximum atomic E-state index is 10.9. The molecule has 1 rings (SSSR count). The third-order valence-electron chi connectivity index (χ3n) is 1.55. The lowest BCUT2D eigenvalue weighted by molar-refractivity contribution is -0.118. The van der Waals surface area contributed by atoms with E-state index in [1.54, 1.807) is 6.08 Å². The average Bonchev–Trinajstić information content (AvgIpc) is 2.50. The molecule has 0 saturated heterocycles. The van der Waals surface area contributed by atoms with Crippen molar-refractivity contribution < 1.29 is 4.79 Å². The summed E-state index contributed by atoms with van der Waals surface area (Å²) >= 11 is 0. The second-order valence-electron chi connectivity index (χ2n) is 2.37. The first-order valence-corrected chi connectivity index (χ1v) is 4.56. The van der Waals surface area contributed by atoms with E-state index in [9.17, 15) is 4.79 Å². The Morgan fingerprint density at radius 2 is 2.08 bits per heavy atom. The SMILES string of the molecule is C=CC1=C(/C=C\C)NC(=O)C1.CC. The van der Waals surface area contributed by atoms with Gasteiger partial charge in [-0.3, -0.25) is 4.79 Å². The van der Waals surface area contributed by atoms with E-state index in [1.165, 1.54) is 0 Å². The second kappa shape index (κ2) is 6.23. The number of hydrogen-bond acceptors (Lipinski definition) is 1. The maximum Gasteiger partial charge on any atom is 0.228 e. The van der Waals surface area contributed by atoms with E-state index < -0.39 is 0 Å². The number of hydrogen-bond donors (Lipinski definition) is 1. The first kappa shape index (κ1) is 11.7. The maximum absolute atomic E-state index is 10.9. The Labute approximate surface area is 80.0 Å². The standard InChI is InChI=1S/C9H11NO.C2H6/c1-3-5-8-7(4-2)6-9(11)10-8;1-2/h3-5H,2,6H2,1H3,(H,10,11);1-2H3/b5-3-;. The summed E-state index contributed by atoms with van der Waals surface area (Å²) in [6.07, 6.45) is 5.95. The van der Waals surface area contributed by atoms with Gasteiger partial charge in [-0.2, -0.15) is 0 Å². The topological polar surface area (TPSA) is 29.1 Å². The molecule has 1 heterocycles. The van der Waals surface area contributed by atoms with Crippen LogP contribution >= 0.6 is 0 Å². The number of rotatable bonds is 2. The van der Waals surface area contributed by atoms with Gasteiger partial charge in [-0.15, -0.1) is 0 Å². The lowest BCUT2D eigenvalue weighted by atomic mass is 10.2. The van der Waals surface area contributed by atoms with Gasteiger partial charge in [0.1, 0.15) is 0 Å². The van der Waals surface area contributed by atoms with Crippen LogP contribution in [-0.2, 0) is 4.79 Å². The van der Waals surface area contributed by atoms with Crippen molar-refractivity contribution in [3.05, 3.63) is 36.1 Å². The van der Waals surface area contributed by atoms with Crippen LogP contribution in [0.3, 0.4) is 0 Å². The van der Waals surface area contributed by atoms with Gasteiger partial charge in [0.15, 0.2) is 0 Å². The van der Waals surface area contributed by atoms with Crippen LogP contribution in [0.2, 0.25) is 0 Å². The summed E-state index contributed by atoms with van der Waals surface area (Å²) in [6.45, 7) is 9.54. The van der Waals surface area contributed by atoms with Crippen molar-refractivity contribution in [2.75, 3.05) is 0 Å². The van der Waals surface area contributed by atoms with Crippen LogP contribution in [0.4, 0.5) is 0 Å². The van der Waals surface area contributed by atoms with Gasteiger partial charge >= 0.3 is 0 Å². The molecule has 0 saturated carbocycles. The predicted octanol–water partition coefficient (Wildman–Crippen LogP) is 2.55. The number of carbonyl (C=O) groups excluding carboxylic acids is 1. The zero-order chi connectivity index (χ0) is 10.3. The highest BCUT2D eigenvalue weighted by molar-refractivity contribution is 5.85. The van der Waals surface area contributed by atoms with Crippen molar-refractivity contribution in [2.24, 2.45) is 0 Å². The third-order valence-corrected chi connectivity index (χ3v) is 1.55. The molecule has 72 valence electrons. The Bertz CT molecular complexity index is 249. The summed E-state index contributed by atoms with van der Waals surface area (Å²) in [7, 11) is 0. The minimum atomic E-state index is 0.0491. The van der Waals surface area contributed by atoms with Crippen molar-refractivity contribution in [1.29, 1.82) is 0 Å². The first-order valence-electron chi connectivity index (χ1n) is 4.56. The van der Waals surface area contributed by atoms with Crippen LogP contribution in [0, 0.1) is 0 Å². The van der Waals surface area contributed by atoms with Crippen LogP contribution < -0.4 is 5.32 Å². The van der Waals surface area contributed by atoms with Gasteiger partial charge in [0, 0.05) is 5.70 Å².